The lowest BCUT2D eigenvalue weighted by Crippen LogP contribution is -2.44. The molecule has 1 aliphatic rings. The number of phenols is 1. The highest BCUT2D eigenvalue weighted by Crippen LogP contribution is 2.33. The quantitative estimate of drug-likeness (QED) is 0.874. The second-order valence-electron chi connectivity index (χ2n) is 5.74. The smallest absolute Gasteiger partial charge is 0.151 e. The van der Waals surface area contributed by atoms with Gasteiger partial charge in [-0.2, -0.15) is 0 Å². The van der Waals surface area contributed by atoms with Gasteiger partial charge in [0.1, 0.15) is 11.5 Å². The number of aliphatic hydroxyl groups excluding tert-OH is 1. The molecule has 0 spiro atoms. The largest absolute Gasteiger partial charge is 0.507 e. The van der Waals surface area contributed by atoms with E-state index >= 15 is 0 Å². The van der Waals surface area contributed by atoms with Gasteiger partial charge in [-0.15, -0.1) is 10.2 Å². The summed E-state index contributed by atoms with van der Waals surface area (Å²) in [5.74, 6) is 1.43. The first-order valence-corrected chi connectivity index (χ1v) is 7.81. The molecule has 24 heavy (non-hydrogen) atoms. The lowest BCUT2D eigenvalue weighted by molar-refractivity contribution is 0.00332. The fourth-order valence-corrected chi connectivity index (χ4v) is 2.77. The van der Waals surface area contributed by atoms with Gasteiger partial charge >= 0.3 is 0 Å². The van der Waals surface area contributed by atoms with Gasteiger partial charge in [0.15, 0.2) is 5.82 Å². The van der Waals surface area contributed by atoms with Crippen LogP contribution < -0.4 is 9.64 Å². The van der Waals surface area contributed by atoms with Gasteiger partial charge in [-0.3, -0.25) is 0 Å². The van der Waals surface area contributed by atoms with Crippen molar-refractivity contribution in [3.8, 4) is 22.8 Å². The summed E-state index contributed by atoms with van der Waals surface area (Å²) in [4.78, 5) is 2.04. The predicted octanol–water partition coefficient (Wildman–Crippen LogP) is 1.36. The molecule has 7 nitrogen and oxygen atoms in total. The molecule has 1 fully saturated rings. The van der Waals surface area contributed by atoms with Crippen molar-refractivity contribution in [3.05, 3.63) is 29.8 Å². The molecule has 0 saturated carbocycles. The van der Waals surface area contributed by atoms with E-state index < -0.39 is 0 Å². The highest BCUT2D eigenvalue weighted by Gasteiger charge is 2.22. The number of benzene rings is 1. The maximum atomic E-state index is 10.2. The number of phenolic OH excluding ortho intramolecular Hbond substituents is 1. The van der Waals surface area contributed by atoms with E-state index in [2.05, 4.69) is 10.2 Å². The second-order valence-corrected chi connectivity index (χ2v) is 5.74. The van der Waals surface area contributed by atoms with Crippen molar-refractivity contribution >= 4 is 5.82 Å². The molecule has 1 aromatic heterocycles. The van der Waals surface area contributed by atoms with Crippen LogP contribution in [0, 0.1) is 6.92 Å². The first kappa shape index (κ1) is 16.5. The Labute approximate surface area is 140 Å². The predicted molar refractivity (Wildman–Crippen MR) is 89.5 cm³/mol. The number of hydrogen-bond donors (Lipinski definition) is 2. The van der Waals surface area contributed by atoms with Crippen molar-refractivity contribution in [1.82, 2.24) is 10.2 Å². The third-order valence-electron chi connectivity index (χ3n) is 4.10. The van der Waals surface area contributed by atoms with Gasteiger partial charge in [0.05, 0.1) is 32.1 Å². The minimum absolute atomic E-state index is 0.0132. The molecule has 7 heteroatoms. The monoisotopic (exact) mass is 331 g/mol. The Morgan fingerprint density at radius 2 is 2.17 bits per heavy atom. The third kappa shape index (κ3) is 3.27. The van der Waals surface area contributed by atoms with Gasteiger partial charge in [-0.1, -0.05) is 0 Å². The molecule has 0 radical (unpaired) electrons. The Bertz CT molecular complexity index is 723. The zero-order valence-electron chi connectivity index (χ0n) is 13.8. The molecular weight excluding hydrogens is 310 g/mol. The second kappa shape index (κ2) is 7.02. The van der Waals surface area contributed by atoms with Gasteiger partial charge in [0.25, 0.3) is 0 Å². The molecule has 1 aliphatic heterocycles. The summed E-state index contributed by atoms with van der Waals surface area (Å²) in [5.41, 5.74) is 2.15. The van der Waals surface area contributed by atoms with Crippen molar-refractivity contribution < 1.29 is 19.7 Å². The van der Waals surface area contributed by atoms with Gasteiger partial charge < -0.3 is 24.6 Å². The van der Waals surface area contributed by atoms with Crippen LogP contribution in [-0.4, -0.2) is 59.9 Å². The van der Waals surface area contributed by atoms with Gasteiger partial charge in [-0.25, -0.2) is 0 Å². The van der Waals surface area contributed by atoms with Crippen LogP contribution in [0.1, 0.15) is 5.56 Å². The highest BCUT2D eigenvalue weighted by atomic mass is 16.5. The molecule has 0 unspecified atom stereocenters. The normalized spacial score (nSPS) is 17.8. The molecule has 128 valence electrons. The minimum Gasteiger partial charge on any atom is -0.507 e. The maximum Gasteiger partial charge on any atom is 0.151 e. The Hall–Kier alpha value is -2.38. The molecule has 2 N–H and O–H groups in total. The summed E-state index contributed by atoms with van der Waals surface area (Å²) in [6.45, 7) is 3.75. The summed E-state index contributed by atoms with van der Waals surface area (Å²) in [7, 11) is 1.55. The highest BCUT2D eigenvalue weighted by molar-refractivity contribution is 5.71. The molecular formula is C17H21N3O4. The summed E-state index contributed by atoms with van der Waals surface area (Å²) in [6.07, 6.45) is -0.203. The van der Waals surface area contributed by atoms with Crippen LogP contribution in [0.5, 0.6) is 11.5 Å². The number of aliphatic hydroxyl groups is 1. The maximum absolute atomic E-state index is 10.2. The number of hydrogen-bond acceptors (Lipinski definition) is 7. The molecule has 1 atom stereocenters. The van der Waals surface area contributed by atoms with Gasteiger partial charge in [0.2, 0.25) is 0 Å². The minimum atomic E-state index is -0.203. The van der Waals surface area contributed by atoms with Crippen LogP contribution >= 0.6 is 0 Å². The van der Waals surface area contributed by atoms with Crippen molar-refractivity contribution in [2.75, 3.05) is 38.3 Å². The van der Waals surface area contributed by atoms with Gasteiger partial charge in [-0.05, 0) is 30.7 Å². The van der Waals surface area contributed by atoms with E-state index in [1.165, 1.54) is 0 Å². The zero-order chi connectivity index (χ0) is 17.1. The first-order valence-electron chi connectivity index (χ1n) is 7.81. The molecule has 0 amide bonds. The van der Waals surface area contributed by atoms with Crippen LogP contribution in [0.3, 0.4) is 0 Å². The Kier molecular flexibility index (Phi) is 4.82. The van der Waals surface area contributed by atoms with Crippen LogP contribution in [-0.2, 0) is 4.74 Å². The Morgan fingerprint density at radius 3 is 2.83 bits per heavy atom. The number of aromatic nitrogens is 2. The fraction of sp³-hybridized carbons (Fsp3) is 0.412. The summed E-state index contributed by atoms with van der Waals surface area (Å²) in [5, 5.41) is 28.0. The van der Waals surface area contributed by atoms with E-state index in [1.54, 1.807) is 25.3 Å². The van der Waals surface area contributed by atoms with Crippen molar-refractivity contribution in [3.63, 3.8) is 0 Å². The summed E-state index contributed by atoms with van der Waals surface area (Å²) in [6, 6.07) is 7.03. The van der Waals surface area contributed by atoms with Crippen LogP contribution in [0.2, 0.25) is 0 Å². The average Bonchev–Trinajstić information content (AvgIpc) is 2.62. The molecule has 3 rings (SSSR count). The van der Waals surface area contributed by atoms with Gasteiger partial charge in [0, 0.05) is 24.7 Å². The van der Waals surface area contributed by atoms with Crippen molar-refractivity contribution in [1.29, 1.82) is 0 Å². The number of morpholine rings is 1. The summed E-state index contributed by atoms with van der Waals surface area (Å²) < 4.78 is 10.6. The van der Waals surface area contributed by atoms with Crippen LogP contribution in [0.15, 0.2) is 24.3 Å². The van der Waals surface area contributed by atoms with E-state index in [0.717, 1.165) is 11.4 Å². The molecule has 0 aliphatic carbocycles. The van der Waals surface area contributed by atoms with Crippen molar-refractivity contribution in [2.45, 2.75) is 13.0 Å². The number of nitrogens with zero attached hydrogens (tertiary/aromatic N) is 3. The standard InChI is InChI=1S/C17H21N3O4/c1-11-7-16(20-5-6-24-13(9-20)10-21)18-19-17(11)14-4-3-12(23-2)8-15(14)22/h3-4,7-8,13,21-22H,5-6,9-10H2,1-2H3/t13-/m0/s1. The molecule has 0 bridgehead atoms. The van der Waals surface area contributed by atoms with Crippen molar-refractivity contribution in [2.24, 2.45) is 0 Å². The fourth-order valence-electron chi connectivity index (χ4n) is 2.77. The number of ether oxygens (including phenoxy) is 2. The van der Waals surface area contributed by atoms with E-state index in [1.807, 2.05) is 17.9 Å². The lowest BCUT2D eigenvalue weighted by atomic mass is 10.1. The molecule has 1 aromatic carbocycles. The zero-order valence-corrected chi connectivity index (χ0v) is 13.8. The third-order valence-corrected chi connectivity index (χ3v) is 4.10. The van der Waals surface area contributed by atoms with E-state index in [4.69, 9.17) is 9.47 Å². The molecule has 2 aromatic rings. The molecule has 1 saturated heterocycles. The average molecular weight is 331 g/mol. The number of aryl methyl sites for hydroxylation is 1. The lowest BCUT2D eigenvalue weighted by Gasteiger charge is -2.32. The first-order chi connectivity index (χ1) is 11.6. The van der Waals surface area contributed by atoms with Crippen LogP contribution in [0.4, 0.5) is 5.82 Å². The number of anilines is 1. The van der Waals surface area contributed by atoms with E-state index in [-0.39, 0.29) is 18.5 Å². The SMILES string of the molecule is COc1ccc(-c2nnc(N3CCO[C@H](CO)C3)cc2C)c(O)c1. The van der Waals surface area contributed by atoms with Crippen LogP contribution in [0.25, 0.3) is 11.3 Å². The Morgan fingerprint density at radius 1 is 1.33 bits per heavy atom. The molecule has 2 heterocycles. The number of methoxy groups -OCH3 is 1. The van der Waals surface area contributed by atoms with E-state index in [9.17, 15) is 10.2 Å². The Balaban J connectivity index is 1.87. The topological polar surface area (TPSA) is 87.9 Å². The number of rotatable bonds is 4. The van der Waals surface area contributed by atoms with E-state index in [0.29, 0.717) is 36.7 Å². The number of aromatic hydroxyl groups is 1. The summed E-state index contributed by atoms with van der Waals surface area (Å²) >= 11 is 0.